The highest BCUT2D eigenvalue weighted by Crippen LogP contribution is 2.14. The Hall–Kier alpha value is -2.95. The van der Waals surface area contributed by atoms with Crippen molar-refractivity contribution in [2.45, 2.75) is 26.7 Å². The molecule has 128 valence electrons. The first-order valence-corrected chi connectivity index (χ1v) is 8.33. The highest BCUT2D eigenvalue weighted by Gasteiger charge is 2.09. The summed E-state index contributed by atoms with van der Waals surface area (Å²) in [6, 6.07) is 13.3. The summed E-state index contributed by atoms with van der Waals surface area (Å²) < 4.78 is 7.20. The third-order valence-corrected chi connectivity index (χ3v) is 3.92. The largest absolute Gasteiger partial charge is 0.462 e. The smallest absolute Gasteiger partial charge is 0.338 e. The number of ether oxygens (including phenoxy) is 1. The van der Waals surface area contributed by atoms with Gasteiger partial charge in [0.05, 0.1) is 23.6 Å². The van der Waals surface area contributed by atoms with E-state index in [2.05, 4.69) is 10.1 Å². The fourth-order valence-corrected chi connectivity index (χ4v) is 2.70. The molecule has 3 aromatic rings. The number of rotatable bonds is 6. The van der Waals surface area contributed by atoms with Gasteiger partial charge in [-0.1, -0.05) is 6.07 Å². The first-order valence-electron chi connectivity index (χ1n) is 8.33. The van der Waals surface area contributed by atoms with Crippen molar-refractivity contribution < 1.29 is 9.53 Å². The summed E-state index contributed by atoms with van der Waals surface area (Å²) in [5.41, 5.74) is 4.65. The quantitative estimate of drug-likeness (QED) is 0.509. The molecular formula is C20H21N3O2. The standard InChI is InChI=1S/C20H21N3O2/c1-15-13-16(2)23(22-15)19-9-7-18(8-10-19)20(24)25-12-4-6-17-5-3-11-21-14-17/h3,5,7-11,13-14H,4,6,12H2,1-2H3. The molecule has 0 aliphatic rings. The van der Waals surface area contributed by atoms with Gasteiger partial charge in [-0.2, -0.15) is 5.10 Å². The molecule has 0 amide bonds. The number of pyridine rings is 1. The van der Waals surface area contributed by atoms with Gasteiger partial charge in [0, 0.05) is 18.1 Å². The van der Waals surface area contributed by atoms with Crippen LogP contribution in [0.3, 0.4) is 0 Å². The van der Waals surface area contributed by atoms with E-state index in [1.807, 2.05) is 55.1 Å². The van der Waals surface area contributed by atoms with Crippen LogP contribution < -0.4 is 0 Å². The fraction of sp³-hybridized carbons (Fsp3) is 0.250. The topological polar surface area (TPSA) is 57.0 Å². The van der Waals surface area contributed by atoms with E-state index in [0.717, 1.165) is 35.5 Å². The summed E-state index contributed by atoms with van der Waals surface area (Å²) in [6.07, 6.45) is 5.21. The zero-order chi connectivity index (χ0) is 17.6. The van der Waals surface area contributed by atoms with Crippen LogP contribution in [0.5, 0.6) is 0 Å². The third-order valence-electron chi connectivity index (χ3n) is 3.92. The number of esters is 1. The Kier molecular flexibility index (Phi) is 5.23. The molecule has 5 nitrogen and oxygen atoms in total. The lowest BCUT2D eigenvalue weighted by Gasteiger charge is -2.07. The van der Waals surface area contributed by atoms with E-state index in [4.69, 9.17) is 4.74 Å². The van der Waals surface area contributed by atoms with Gasteiger partial charge in [-0.15, -0.1) is 0 Å². The lowest BCUT2D eigenvalue weighted by Crippen LogP contribution is -2.08. The van der Waals surface area contributed by atoms with Gasteiger partial charge < -0.3 is 4.74 Å². The second-order valence-corrected chi connectivity index (χ2v) is 5.99. The molecule has 0 aliphatic heterocycles. The molecule has 0 saturated heterocycles. The Labute approximate surface area is 147 Å². The fourth-order valence-electron chi connectivity index (χ4n) is 2.70. The molecule has 3 rings (SSSR count). The number of aryl methyl sites for hydroxylation is 3. The first kappa shape index (κ1) is 16.9. The predicted octanol–water partition coefficient (Wildman–Crippen LogP) is 3.67. The summed E-state index contributed by atoms with van der Waals surface area (Å²) in [6.45, 7) is 4.36. The predicted molar refractivity (Wildman–Crippen MR) is 95.9 cm³/mol. The van der Waals surface area contributed by atoms with Crippen LogP contribution >= 0.6 is 0 Å². The summed E-state index contributed by atoms with van der Waals surface area (Å²) in [4.78, 5) is 16.2. The number of benzene rings is 1. The van der Waals surface area contributed by atoms with Gasteiger partial charge in [-0.3, -0.25) is 4.98 Å². The number of hydrogen-bond donors (Lipinski definition) is 0. The Morgan fingerprint density at radius 3 is 2.60 bits per heavy atom. The molecule has 0 unspecified atom stereocenters. The molecule has 2 heterocycles. The highest BCUT2D eigenvalue weighted by atomic mass is 16.5. The Balaban J connectivity index is 1.53. The zero-order valence-electron chi connectivity index (χ0n) is 14.5. The molecule has 25 heavy (non-hydrogen) atoms. The minimum atomic E-state index is -0.300. The van der Waals surface area contributed by atoms with Crippen molar-refractivity contribution in [1.82, 2.24) is 14.8 Å². The van der Waals surface area contributed by atoms with Crippen molar-refractivity contribution in [2.24, 2.45) is 0 Å². The minimum Gasteiger partial charge on any atom is -0.462 e. The lowest BCUT2D eigenvalue weighted by atomic mass is 10.2. The van der Waals surface area contributed by atoms with E-state index in [0.29, 0.717) is 12.2 Å². The maximum Gasteiger partial charge on any atom is 0.338 e. The Bertz CT molecular complexity index is 839. The summed E-state index contributed by atoms with van der Waals surface area (Å²) in [5.74, 6) is -0.300. The molecule has 0 atom stereocenters. The van der Waals surface area contributed by atoms with Crippen LogP contribution in [0.2, 0.25) is 0 Å². The van der Waals surface area contributed by atoms with E-state index in [9.17, 15) is 4.79 Å². The van der Waals surface area contributed by atoms with Crippen LogP contribution in [0.1, 0.15) is 33.7 Å². The average Bonchev–Trinajstić information content (AvgIpc) is 2.98. The van der Waals surface area contributed by atoms with E-state index in [1.165, 1.54) is 0 Å². The molecule has 2 aromatic heterocycles. The Morgan fingerprint density at radius 1 is 1.16 bits per heavy atom. The summed E-state index contributed by atoms with van der Waals surface area (Å²) >= 11 is 0. The molecule has 0 saturated carbocycles. The number of aromatic nitrogens is 3. The number of hydrogen-bond acceptors (Lipinski definition) is 4. The third kappa shape index (κ3) is 4.32. The normalized spacial score (nSPS) is 10.6. The molecule has 0 spiro atoms. The molecule has 0 aliphatic carbocycles. The van der Waals surface area contributed by atoms with Crippen LogP contribution in [0.4, 0.5) is 0 Å². The van der Waals surface area contributed by atoms with Crippen molar-refractivity contribution in [2.75, 3.05) is 6.61 Å². The van der Waals surface area contributed by atoms with Crippen LogP contribution in [-0.4, -0.2) is 27.3 Å². The lowest BCUT2D eigenvalue weighted by molar-refractivity contribution is 0.0500. The average molecular weight is 335 g/mol. The molecule has 0 bridgehead atoms. The SMILES string of the molecule is Cc1cc(C)n(-c2ccc(C(=O)OCCCc3cccnc3)cc2)n1. The van der Waals surface area contributed by atoms with E-state index >= 15 is 0 Å². The molecule has 0 fully saturated rings. The molecule has 0 radical (unpaired) electrons. The maximum absolute atomic E-state index is 12.1. The summed E-state index contributed by atoms with van der Waals surface area (Å²) in [5, 5.41) is 4.44. The van der Waals surface area contributed by atoms with E-state index in [1.54, 1.807) is 18.3 Å². The van der Waals surface area contributed by atoms with Crippen molar-refractivity contribution in [3.05, 3.63) is 77.4 Å². The molecule has 5 heteroatoms. The number of nitrogens with zero attached hydrogens (tertiary/aromatic N) is 3. The number of carbonyl (C=O) groups excluding carboxylic acids is 1. The van der Waals surface area contributed by atoms with Crippen LogP contribution in [0, 0.1) is 13.8 Å². The Morgan fingerprint density at radius 2 is 1.96 bits per heavy atom. The van der Waals surface area contributed by atoms with E-state index in [-0.39, 0.29) is 5.97 Å². The maximum atomic E-state index is 12.1. The van der Waals surface area contributed by atoms with E-state index < -0.39 is 0 Å². The van der Waals surface area contributed by atoms with Crippen LogP contribution in [0.15, 0.2) is 54.9 Å². The van der Waals surface area contributed by atoms with Crippen molar-refractivity contribution in [1.29, 1.82) is 0 Å². The second-order valence-electron chi connectivity index (χ2n) is 5.99. The van der Waals surface area contributed by atoms with Gasteiger partial charge >= 0.3 is 5.97 Å². The van der Waals surface area contributed by atoms with Gasteiger partial charge in [0.2, 0.25) is 0 Å². The van der Waals surface area contributed by atoms with Crippen molar-refractivity contribution in [3.8, 4) is 5.69 Å². The monoisotopic (exact) mass is 335 g/mol. The van der Waals surface area contributed by atoms with Crippen molar-refractivity contribution >= 4 is 5.97 Å². The van der Waals surface area contributed by atoms with Gasteiger partial charge in [0.1, 0.15) is 0 Å². The van der Waals surface area contributed by atoms with Gasteiger partial charge in [-0.25, -0.2) is 9.48 Å². The van der Waals surface area contributed by atoms with Crippen molar-refractivity contribution in [3.63, 3.8) is 0 Å². The molecule has 0 N–H and O–H groups in total. The summed E-state index contributed by atoms with van der Waals surface area (Å²) in [7, 11) is 0. The zero-order valence-corrected chi connectivity index (χ0v) is 14.5. The van der Waals surface area contributed by atoms with Gasteiger partial charge in [0.15, 0.2) is 0 Å². The van der Waals surface area contributed by atoms with Gasteiger partial charge in [0.25, 0.3) is 0 Å². The first-order chi connectivity index (χ1) is 12.1. The highest BCUT2D eigenvalue weighted by molar-refractivity contribution is 5.89. The van der Waals surface area contributed by atoms with Gasteiger partial charge in [-0.05, 0) is 68.7 Å². The second kappa shape index (κ2) is 7.75. The number of carbonyl (C=O) groups is 1. The van der Waals surface area contributed by atoms with Crippen LogP contribution in [0.25, 0.3) is 5.69 Å². The minimum absolute atomic E-state index is 0.300. The molecular weight excluding hydrogens is 314 g/mol. The molecule has 1 aromatic carbocycles. The van der Waals surface area contributed by atoms with Crippen LogP contribution in [-0.2, 0) is 11.2 Å².